The fourth-order valence-corrected chi connectivity index (χ4v) is 1.58. The first-order valence-electron chi connectivity index (χ1n) is 4.04. The van der Waals surface area contributed by atoms with Crippen molar-refractivity contribution in [3.63, 3.8) is 0 Å². The summed E-state index contributed by atoms with van der Waals surface area (Å²) in [5, 5.41) is 3.42. The van der Waals surface area contributed by atoms with Gasteiger partial charge in [0.05, 0.1) is 0 Å². The molecule has 0 aromatic rings. The standard InChI is InChI=1S/C8H15N/c1-9-8(4-5-8)6-7-2-3-7/h7,9H,2-6H2,1H3. The Balaban J connectivity index is 1.81. The van der Waals surface area contributed by atoms with Crippen LogP contribution in [-0.4, -0.2) is 12.6 Å². The molecule has 1 N–H and O–H groups in total. The summed E-state index contributed by atoms with van der Waals surface area (Å²) < 4.78 is 0. The third-order valence-electron chi connectivity index (χ3n) is 2.76. The zero-order valence-corrected chi connectivity index (χ0v) is 6.11. The van der Waals surface area contributed by atoms with Crippen LogP contribution in [0.25, 0.3) is 0 Å². The van der Waals surface area contributed by atoms with Crippen LogP contribution in [-0.2, 0) is 0 Å². The quantitative estimate of drug-likeness (QED) is 0.603. The van der Waals surface area contributed by atoms with Crippen LogP contribution in [0.2, 0.25) is 0 Å². The summed E-state index contributed by atoms with van der Waals surface area (Å²) in [7, 11) is 2.11. The average Bonchev–Trinajstić information content (AvgIpc) is 2.68. The Morgan fingerprint density at radius 3 is 2.44 bits per heavy atom. The fraction of sp³-hybridized carbons (Fsp3) is 1.00. The number of rotatable bonds is 3. The number of hydrogen-bond donors (Lipinski definition) is 1. The molecule has 2 fully saturated rings. The van der Waals surface area contributed by atoms with Gasteiger partial charge in [0.1, 0.15) is 0 Å². The largest absolute Gasteiger partial charge is 0.314 e. The Morgan fingerprint density at radius 1 is 1.44 bits per heavy atom. The predicted molar refractivity (Wildman–Crippen MR) is 38.4 cm³/mol. The van der Waals surface area contributed by atoms with Gasteiger partial charge in [0.15, 0.2) is 0 Å². The summed E-state index contributed by atoms with van der Waals surface area (Å²) in [4.78, 5) is 0. The van der Waals surface area contributed by atoms with Crippen LogP contribution in [0, 0.1) is 5.92 Å². The molecule has 9 heavy (non-hydrogen) atoms. The van der Waals surface area contributed by atoms with E-state index in [9.17, 15) is 0 Å². The van der Waals surface area contributed by atoms with Crippen molar-refractivity contribution in [3.8, 4) is 0 Å². The van der Waals surface area contributed by atoms with Gasteiger partial charge < -0.3 is 5.32 Å². The third-order valence-corrected chi connectivity index (χ3v) is 2.76. The van der Waals surface area contributed by atoms with Crippen LogP contribution < -0.4 is 5.32 Å². The first-order chi connectivity index (χ1) is 4.35. The van der Waals surface area contributed by atoms with Gasteiger partial charge in [-0.25, -0.2) is 0 Å². The molecule has 1 nitrogen and oxygen atoms in total. The van der Waals surface area contributed by atoms with Gasteiger partial charge in [-0.15, -0.1) is 0 Å². The molecule has 2 aliphatic carbocycles. The maximum atomic E-state index is 3.42. The zero-order chi connectivity index (χ0) is 6.32. The van der Waals surface area contributed by atoms with Crippen molar-refractivity contribution in [3.05, 3.63) is 0 Å². The van der Waals surface area contributed by atoms with Crippen LogP contribution in [0.15, 0.2) is 0 Å². The minimum atomic E-state index is 0.626. The molecule has 0 aromatic carbocycles. The van der Waals surface area contributed by atoms with Crippen molar-refractivity contribution in [2.24, 2.45) is 5.92 Å². The summed E-state index contributed by atoms with van der Waals surface area (Å²) in [6.07, 6.45) is 7.33. The molecule has 1 heteroatoms. The molecule has 2 saturated carbocycles. The van der Waals surface area contributed by atoms with E-state index in [1.54, 1.807) is 0 Å². The molecule has 0 spiro atoms. The van der Waals surface area contributed by atoms with Gasteiger partial charge in [-0.05, 0) is 32.2 Å². The van der Waals surface area contributed by atoms with Crippen molar-refractivity contribution in [1.29, 1.82) is 0 Å². The highest BCUT2D eigenvalue weighted by atomic mass is 15.0. The lowest BCUT2D eigenvalue weighted by atomic mass is 10.1. The van der Waals surface area contributed by atoms with E-state index in [2.05, 4.69) is 12.4 Å². The van der Waals surface area contributed by atoms with E-state index in [0.717, 1.165) is 5.92 Å². The predicted octanol–water partition coefficient (Wildman–Crippen LogP) is 1.54. The minimum absolute atomic E-state index is 0.626. The lowest BCUT2D eigenvalue weighted by Crippen LogP contribution is -2.27. The van der Waals surface area contributed by atoms with Crippen molar-refractivity contribution in [2.75, 3.05) is 7.05 Å². The Kier molecular flexibility index (Phi) is 1.10. The molecule has 0 radical (unpaired) electrons. The second kappa shape index (κ2) is 1.72. The molecule has 0 saturated heterocycles. The Bertz CT molecular complexity index is 112. The van der Waals surface area contributed by atoms with Crippen LogP contribution >= 0.6 is 0 Å². The van der Waals surface area contributed by atoms with Gasteiger partial charge in [0, 0.05) is 5.54 Å². The third kappa shape index (κ3) is 1.11. The van der Waals surface area contributed by atoms with E-state index in [4.69, 9.17) is 0 Å². The van der Waals surface area contributed by atoms with E-state index in [1.165, 1.54) is 32.1 Å². The maximum Gasteiger partial charge on any atom is 0.0182 e. The highest BCUT2D eigenvalue weighted by molar-refractivity contribution is 5.03. The number of nitrogens with one attached hydrogen (secondary N) is 1. The molecule has 52 valence electrons. The highest BCUT2D eigenvalue weighted by Gasteiger charge is 2.44. The molecular formula is C8H15N. The maximum absolute atomic E-state index is 3.42. The average molecular weight is 125 g/mol. The van der Waals surface area contributed by atoms with Gasteiger partial charge in [-0.1, -0.05) is 12.8 Å². The van der Waals surface area contributed by atoms with Crippen molar-refractivity contribution >= 4 is 0 Å². The molecule has 0 amide bonds. The molecule has 0 aliphatic heterocycles. The number of hydrogen-bond acceptors (Lipinski definition) is 1. The van der Waals surface area contributed by atoms with Gasteiger partial charge >= 0.3 is 0 Å². The van der Waals surface area contributed by atoms with Crippen molar-refractivity contribution < 1.29 is 0 Å². The van der Waals surface area contributed by atoms with Crippen LogP contribution in [0.5, 0.6) is 0 Å². The SMILES string of the molecule is CNC1(CC2CC2)CC1. The fourth-order valence-electron chi connectivity index (χ4n) is 1.58. The smallest absolute Gasteiger partial charge is 0.0182 e. The van der Waals surface area contributed by atoms with Gasteiger partial charge in [-0.2, -0.15) is 0 Å². The lowest BCUT2D eigenvalue weighted by molar-refractivity contribution is 0.478. The molecule has 0 heterocycles. The second-order valence-corrected chi connectivity index (χ2v) is 3.68. The van der Waals surface area contributed by atoms with E-state index < -0.39 is 0 Å². The minimum Gasteiger partial charge on any atom is -0.314 e. The second-order valence-electron chi connectivity index (χ2n) is 3.68. The normalized spacial score (nSPS) is 30.3. The van der Waals surface area contributed by atoms with Gasteiger partial charge in [0.2, 0.25) is 0 Å². The van der Waals surface area contributed by atoms with Crippen LogP contribution in [0.4, 0.5) is 0 Å². The molecular weight excluding hydrogens is 110 g/mol. The van der Waals surface area contributed by atoms with Crippen LogP contribution in [0.1, 0.15) is 32.1 Å². The summed E-state index contributed by atoms with van der Waals surface area (Å²) >= 11 is 0. The Morgan fingerprint density at radius 2 is 2.11 bits per heavy atom. The molecule has 0 unspecified atom stereocenters. The highest BCUT2D eigenvalue weighted by Crippen LogP contribution is 2.47. The van der Waals surface area contributed by atoms with E-state index in [0.29, 0.717) is 5.54 Å². The van der Waals surface area contributed by atoms with Gasteiger partial charge in [0.25, 0.3) is 0 Å². The summed E-state index contributed by atoms with van der Waals surface area (Å²) in [6, 6.07) is 0. The topological polar surface area (TPSA) is 12.0 Å². The van der Waals surface area contributed by atoms with Crippen molar-refractivity contribution in [1.82, 2.24) is 5.32 Å². The molecule has 2 rings (SSSR count). The summed E-state index contributed by atoms with van der Waals surface area (Å²) in [5.41, 5.74) is 0.626. The van der Waals surface area contributed by atoms with E-state index in [-0.39, 0.29) is 0 Å². The monoisotopic (exact) mass is 125 g/mol. The molecule has 0 bridgehead atoms. The Hall–Kier alpha value is -0.0400. The Labute approximate surface area is 56.8 Å². The lowest BCUT2D eigenvalue weighted by Gasteiger charge is -2.11. The molecule has 2 aliphatic rings. The first kappa shape index (κ1) is 5.72. The molecule has 0 aromatic heterocycles. The van der Waals surface area contributed by atoms with Crippen LogP contribution in [0.3, 0.4) is 0 Å². The summed E-state index contributed by atoms with van der Waals surface area (Å²) in [5.74, 6) is 1.10. The van der Waals surface area contributed by atoms with Crippen molar-refractivity contribution in [2.45, 2.75) is 37.6 Å². The van der Waals surface area contributed by atoms with E-state index >= 15 is 0 Å². The van der Waals surface area contributed by atoms with E-state index in [1.807, 2.05) is 0 Å². The first-order valence-corrected chi connectivity index (χ1v) is 4.04. The zero-order valence-electron chi connectivity index (χ0n) is 6.11. The molecule has 0 atom stereocenters. The van der Waals surface area contributed by atoms with Gasteiger partial charge in [-0.3, -0.25) is 0 Å². The summed E-state index contributed by atoms with van der Waals surface area (Å²) in [6.45, 7) is 0.